The molecule has 0 bridgehead atoms. The monoisotopic (exact) mass is 224 g/mol. The van der Waals surface area contributed by atoms with Crippen molar-refractivity contribution in [3.8, 4) is 0 Å². The van der Waals surface area contributed by atoms with Crippen LogP contribution >= 0.6 is 15.9 Å². The lowest BCUT2D eigenvalue weighted by molar-refractivity contribution is 0.494. The molecule has 0 spiro atoms. The molecule has 0 atom stereocenters. The van der Waals surface area contributed by atoms with Gasteiger partial charge in [-0.05, 0) is 33.4 Å². The van der Waals surface area contributed by atoms with Gasteiger partial charge in [-0.1, -0.05) is 18.2 Å². The van der Waals surface area contributed by atoms with Crippen molar-refractivity contribution in [2.75, 3.05) is 0 Å². The fraction of sp³-hybridized carbons (Fsp3) is 0. The third kappa shape index (κ3) is 1.16. The topological polar surface area (TPSA) is 30.2 Å². The van der Waals surface area contributed by atoms with Crippen molar-refractivity contribution >= 4 is 26.7 Å². The van der Waals surface area contributed by atoms with E-state index in [-0.39, 0.29) is 5.63 Å². The van der Waals surface area contributed by atoms with Gasteiger partial charge in [0.2, 0.25) is 0 Å². The van der Waals surface area contributed by atoms with Crippen LogP contribution in [0.25, 0.3) is 10.8 Å². The molecule has 0 aliphatic heterocycles. The molecule has 0 saturated carbocycles. The summed E-state index contributed by atoms with van der Waals surface area (Å²) in [5.41, 5.74) is -0.306. The van der Waals surface area contributed by atoms with Crippen molar-refractivity contribution < 1.29 is 4.42 Å². The molecule has 1 aromatic carbocycles. The van der Waals surface area contributed by atoms with Crippen LogP contribution in [0, 0.1) is 0 Å². The highest BCUT2D eigenvalue weighted by Gasteiger charge is 1.99. The van der Waals surface area contributed by atoms with E-state index in [1.54, 1.807) is 12.1 Å². The normalized spacial score (nSPS) is 10.4. The second-order valence-corrected chi connectivity index (χ2v) is 3.21. The lowest BCUT2D eigenvalue weighted by atomic mass is 10.2. The smallest absolute Gasteiger partial charge is 0.344 e. The molecule has 12 heavy (non-hydrogen) atoms. The van der Waals surface area contributed by atoms with Crippen LogP contribution in [-0.4, -0.2) is 0 Å². The zero-order chi connectivity index (χ0) is 8.55. The molecule has 1 heterocycles. The van der Waals surface area contributed by atoms with E-state index in [0.717, 1.165) is 5.39 Å². The molecule has 0 aliphatic rings. The largest absolute Gasteiger partial charge is 0.415 e. The molecule has 1 aromatic heterocycles. The molecular formula is C9H5BrO2. The van der Waals surface area contributed by atoms with Gasteiger partial charge in [0, 0.05) is 0 Å². The van der Waals surface area contributed by atoms with Gasteiger partial charge in [-0.25, -0.2) is 4.79 Å². The molecule has 0 aliphatic carbocycles. The van der Waals surface area contributed by atoms with E-state index in [9.17, 15) is 4.79 Å². The summed E-state index contributed by atoms with van der Waals surface area (Å²) in [4.78, 5) is 11.2. The molecule has 2 aromatic rings. The lowest BCUT2D eigenvalue weighted by Gasteiger charge is -1.94. The van der Waals surface area contributed by atoms with Gasteiger partial charge in [-0.15, -0.1) is 0 Å². The Labute approximate surface area is 76.9 Å². The molecule has 0 saturated heterocycles. The highest BCUT2D eigenvalue weighted by Crippen LogP contribution is 2.14. The zero-order valence-corrected chi connectivity index (χ0v) is 7.67. The van der Waals surface area contributed by atoms with Crippen molar-refractivity contribution in [1.29, 1.82) is 0 Å². The second-order valence-electron chi connectivity index (χ2n) is 2.43. The zero-order valence-electron chi connectivity index (χ0n) is 6.08. The maximum atomic E-state index is 11.2. The molecule has 0 unspecified atom stereocenters. The van der Waals surface area contributed by atoms with E-state index in [1.165, 1.54) is 0 Å². The van der Waals surface area contributed by atoms with Gasteiger partial charge in [0.1, 0.15) is 0 Å². The maximum Gasteiger partial charge on any atom is 0.344 e. The highest BCUT2D eigenvalue weighted by atomic mass is 79.9. The highest BCUT2D eigenvalue weighted by molar-refractivity contribution is 9.10. The van der Waals surface area contributed by atoms with E-state index in [2.05, 4.69) is 15.9 Å². The predicted octanol–water partition coefficient (Wildman–Crippen LogP) is 2.56. The summed E-state index contributed by atoms with van der Waals surface area (Å²) in [5, 5.41) is 1.50. The molecule has 0 amide bonds. The third-order valence-electron chi connectivity index (χ3n) is 1.64. The van der Waals surface area contributed by atoms with Gasteiger partial charge >= 0.3 is 5.63 Å². The van der Waals surface area contributed by atoms with Crippen molar-refractivity contribution in [3.63, 3.8) is 0 Å². The van der Waals surface area contributed by atoms with E-state index in [1.807, 2.05) is 18.2 Å². The third-order valence-corrected chi connectivity index (χ3v) is 2.03. The lowest BCUT2D eigenvalue weighted by Crippen LogP contribution is -1.97. The van der Waals surface area contributed by atoms with Gasteiger partial charge in [-0.3, -0.25) is 0 Å². The van der Waals surface area contributed by atoms with Crippen LogP contribution < -0.4 is 5.63 Å². The summed E-state index contributed by atoms with van der Waals surface area (Å²) >= 11 is 3.12. The van der Waals surface area contributed by atoms with E-state index >= 15 is 0 Å². The Morgan fingerprint density at radius 3 is 2.83 bits per heavy atom. The molecule has 0 radical (unpaired) electrons. The summed E-state index contributed by atoms with van der Waals surface area (Å²) in [5.74, 6) is 0. The Bertz CT molecular complexity index is 473. The number of benzene rings is 1. The molecule has 2 nitrogen and oxygen atoms in total. The van der Waals surface area contributed by atoms with E-state index in [0.29, 0.717) is 10.1 Å². The standard InChI is InChI=1S/C9H5BrO2/c10-8-5-6-3-1-2-4-7(6)9(11)12-8/h1-5H. The quantitative estimate of drug-likeness (QED) is 0.689. The van der Waals surface area contributed by atoms with Gasteiger partial charge in [0.05, 0.1) is 5.39 Å². The fourth-order valence-corrected chi connectivity index (χ4v) is 1.50. The SMILES string of the molecule is O=c1oc(Br)cc2ccccc12. The number of rotatable bonds is 0. The Hall–Kier alpha value is -1.09. The number of hydrogen-bond acceptors (Lipinski definition) is 2. The van der Waals surface area contributed by atoms with Gasteiger partial charge < -0.3 is 4.42 Å². The Morgan fingerprint density at radius 2 is 2.00 bits per heavy atom. The average Bonchev–Trinajstić information content (AvgIpc) is 2.04. The minimum Gasteiger partial charge on any atom is -0.415 e. The van der Waals surface area contributed by atoms with Gasteiger partial charge in [-0.2, -0.15) is 0 Å². The number of halogens is 1. The first-order chi connectivity index (χ1) is 5.77. The predicted molar refractivity (Wildman–Crippen MR) is 50.2 cm³/mol. The van der Waals surface area contributed by atoms with Crippen LogP contribution in [0.3, 0.4) is 0 Å². The van der Waals surface area contributed by atoms with Crippen molar-refractivity contribution in [1.82, 2.24) is 0 Å². The Balaban J connectivity index is 2.99. The molecular weight excluding hydrogens is 220 g/mol. The summed E-state index contributed by atoms with van der Waals surface area (Å²) in [6.07, 6.45) is 0. The first kappa shape index (κ1) is 7.55. The summed E-state index contributed by atoms with van der Waals surface area (Å²) in [6.45, 7) is 0. The molecule has 60 valence electrons. The molecule has 0 fully saturated rings. The fourth-order valence-electron chi connectivity index (χ4n) is 1.10. The van der Waals surface area contributed by atoms with Crippen LogP contribution in [-0.2, 0) is 0 Å². The summed E-state index contributed by atoms with van der Waals surface area (Å²) in [6, 6.07) is 9.09. The van der Waals surface area contributed by atoms with E-state index < -0.39 is 0 Å². The van der Waals surface area contributed by atoms with E-state index in [4.69, 9.17) is 4.42 Å². The summed E-state index contributed by atoms with van der Waals surface area (Å²) in [7, 11) is 0. The second kappa shape index (κ2) is 2.75. The minimum absolute atomic E-state index is 0.306. The molecule has 0 N–H and O–H groups in total. The number of fused-ring (bicyclic) bond motifs is 1. The van der Waals surface area contributed by atoms with Crippen molar-refractivity contribution in [2.45, 2.75) is 0 Å². The molecule has 2 rings (SSSR count). The minimum atomic E-state index is -0.306. The van der Waals surface area contributed by atoms with Crippen LogP contribution in [0.2, 0.25) is 0 Å². The maximum absolute atomic E-state index is 11.2. The molecule has 3 heteroatoms. The van der Waals surface area contributed by atoms with Crippen LogP contribution in [0.4, 0.5) is 0 Å². The Morgan fingerprint density at radius 1 is 1.25 bits per heavy atom. The van der Waals surface area contributed by atoms with Gasteiger partial charge in [0.15, 0.2) is 4.67 Å². The first-order valence-electron chi connectivity index (χ1n) is 3.46. The van der Waals surface area contributed by atoms with Crippen molar-refractivity contribution in [3.05, 3.63) is 45.4 Å². The van der Waals surface area contributed by atoms with Crippen LogP contribution in [0.1, 0.15) is 0 Å². The van der Waals surface area contributed by atoms with Crippen molar-refractivity contribution in [2.24, 2.45) is 0 Å². The number of hydrogen-bond donors (Lipinski definition) is 0. The Kier molecular flexibility index (Phi) is 1.73. The first-order valence-corrected chi connectivity index (χ1v) is 4.25. The van der Waals surface area contributed by atoms with Crippen LogP contribution in [0.5, 0.6) is 0 Å². The van der Waals surface area contributed by atoms with Gasteiger partial charge in [0.25, 0.3) is 0 Å². The summed E-state index contributed by atoms with van der Waals surface area (Å²) < 4.78 is 5.32. The average molecular weight is 225 g/mol. The van der Waals surface area contributed by atoms with Crippen LogP contribution in [0.15, 0.2) is 44.2 Å².